The summed E-state index contributed by atoms with van der Waals surface area (Å²) in [5.41, 5.74) is 8.56. The van der Waals surface area contributed by atoms with Gasteiger partial charge in [-0.2, -0.15) is 0 Å². The van der Waals surface area contributed by atoms with Gasteiger partial charge in [0.2, 0.25) is 0 Å². The largest absolute Gasteiger partial charge is 0.493 e. The van der Waals surface area contributed by atoms with Crippen LogP contribution < -0.4 is 20.5 Å². The molecule has 0 radical (unpaired) electrons. The molecule has 6 heteroatoms. The Morgan fingerprint density at radius 2 is 1.81 bits per heavy atom. The molecule has 2 aromatic rings. The number of hydrogen-bond acceptors (Lipinski definition) is 6. The molecule has 2 rings (SSSR count). The molecule has 0 aliphatic heterocycles. The maximum atomic E-state index is 12.3. The minimum absolute atomic E-state index is 0.191. The number of methoxy groups -OCH3 is 2. The normalized spacial score (nSPS) is 10.5. The summed E-state index contributed by atoms with van der Waals surface area (Å²) in [4.78, 5) is 12.3. The quantitative estimate of drug-likeness (QED) is 0.555. The predicted octanol–water partition coefficient (Wildman–Crippen LogP) is 3.51. The first-order valence-electron chi connectivity index (χ1n) is 8.50. The molecule has 0 unspecified atom stereocenters. The van der Waals surface area contributed by atoms with E-state index in [-0.39, 0.29) is 12.1 Å². The number of carbonyl (C=O) groups is 1. The molecule has 2 aromatic carbocycles. The molecule has 6 nitrogen and oxygen atoms in total. The van der Waals surface area contributed by atoms with Crippen LogP contribution in [0, 0.1) is 0 Å². The van der Waals surface area contributed by atoms with Gasteiger partial charge in [0, 0.05) is 17.9 Å². The molecule has 0 saturated carbocycles. The summed E-state index contributed by atoms with van der Waals surface area (Å²) in [5.74, 6) is 1.00. The third-order valence-electron chi connectivity index (χ3n) is 3.78. The number of nitrogens with two attached hydrogens (primary N) is 1. The van der Waals surface area contributed by atoms with Gasteiger partial charge in [0.1, 0.15) is 0 Å². The highest BCUT2D eigenvalue weighted by molar-refractivity contribution is 5.96. The van der Waals surface area contributed by atoms with Crippen LogP contribution in [-0.4, -0.2) is 32.8 Å². The van der Waals surface area contributed by atoms with Crippen molar-refractivity contribution in [2.24, 2.45) is 0 Å². The molecular formula is C20H26N2O4. The third-order valence-corrected chi connectivity index (χ3v) is 3.78. The SMILES string of the molecule is COc1ccc(CCNc2ccc(N)cc2C(=O)OC(C)C)cc1OC. The molecule has 0 saturated heterocycles. The molecule has 3 N–H and O–H groups in total. The number of esters is 1. The second kappa shape index (κ2) is 8.99. The Kier molecular flexibility index (Phi) is 6.72. The van der Waals surface area contributed by atoms with Gasteiger partial charge in [-0.05, 0) is 56.2 Å². The van der Waals surface area contributed by atoms with Gasteiger partial charge in [-0.15, -0.1) is 0 Å². The number of nitrogen functional groups attached to an aromatic ring is 1. The summed E-state index contributed by atoms with van der Waals surface area (Å²) in [6.45, 7) is 4.27. The molecule has 0 aliphatic carbocycles. The fourth-order valence-corrected chi connectivity index (χ4v) is 2.54. The van der Waals surface area contributed by atoms with Gasteiger partial charge in [0.05, 0.1) is 25.9 Å². The molecular weight excluding hydrogens is 332 g/mol. The number of rotatable bonds is 8. The van der Waals surface area contributed by atoms with Gasteiger partial charge in [0.25, 0.3) is 0 Å². The molecule has 0 fully saturated rings. The maximum Gasteiger partial charge on any atom is 0.340 e. The molecule has 0 aliphatic rings. The zero-order chi connectivity index (χ0) is 19.1. The molecule has 0 amide bonds. The van der Waals surface area contributed by atoms with Crippen molar-refractivity contribution >= 4 is 17.3 Å². The van der Waals surface area contributed by atoms with E-state index in [9.17, 15) is 4.79 Å². The van der Waals surface area contributed by atoms with Gasteiger partial charge >= 0.3 is 5.97 Å². The van der Waals surface area contributed by atoms with Crippen LogP contribution in [0.3, 0.4) is 0 Å². The van der Waals surface area contributed by atoms with Crippen molar-refractivity contribution in [2.75, 3.05) is 31.8 Å². The number of ether oxygens (including phenoxy) is 3. The van der Waals surface area contributed by atoms with Crippen LogP contribution >= 0.6 is 0 Å². The summed E-state index contributed by atoms with van der Waals surface area (Å²) in [7, 11) is 3.22. The highest BCUT2D eigenvalue weighted by atomic mass is 16.5. The summed E-state index contributed by atoms with van der Waals surface area (Å²) in [5, 5.41) is 3.28. The Hall–Kier alpha value is -2.89. The molecule has 0 bridgehead atoms. The highest BCUT2D eigenvalue weighted by Gasteiger charge is 2.15. The van der Waals surface area contributed by atoms with Crippen LogP contribution in [0.4, 0.5) is 11.4 Å². The van der Waals surface area contributed by atoms with Crippen LogP contribution in [0.1, 0.15) is 29.8 Å². The van der Waals surface area contributed by atoms with Crippen LogP contribution in [0.2, 0.25) is 0 Å². The number of carbonyl (C=O) groups excluding carboxylic acids is 1. The standard InChI is InChI=1S/C20H26N2O4/c1-13(2)26-20(23)16-12-15(21)6-7-17(16)22-10-9-14-5-8-18(24-3)19(11-14)25-4/h5-8,11-13,22H,9-10,21H2,1-4H3. The summed E-state index contributed by atoms with van der Waals surface area (Å²) < 4.78 is 15.9. The zero-order valence-electron chi connectivity index (χ0n) is 15.7. The molecule has 0 atom stereocenters. The molecule has 26 heavy (non-hydrogen) atoms. The maximum absolute atomic E-state index is 12.3. The van der Waals surface area contributed by atoms with Gasteiger partial charge in [-0.25, -0.2) is 4.79 Å². The number of hydrogen-bond donors (Lipinski definition) is 2. The Bertz CT molecular complexity index is 759. The van der Waals surface area contributed by atoms with Gasteiger partial charge in [0.15, 0.2) is 11.5 Å². The first-order valence-corrected chi connectivity index (χ1v) is 8.50. The lowest BCUT2D eigenvalue weighted by Gasteiger charge is -2.14. The lowest BCUT2D eigenvalue weighted by Crippen LogP contribution is -2.15. The lowest BCUT2D eigenvalue weighted by atomic mass is 10.1. The number of anilines is 2. The summed E-state index contributed by atoms with van der Waals surface area (Å²) >= 11 is 0. The topological polar surface area (TPSA) is 82.8 Å². The fourth-order valence-electron chi connectivity index (χ4n) is 2.54. The van der Waals surface area contributed by atoms with E-state index >= 15 is 0 Å². The van der Waals surface area contributed by atoms with Gasteiger partial charge in [-0.1, -0.05) is 6.07 Å². The Labute approximate surface area is 154 Å². The van der Waals surface area contributed by atoms with E-state index in [4.69, 9.17) is 19.9 Å². The van der Waals surface area contributed by atoms with E-state index in [0.717, 1.165) is 12.0 Å². The fraction of sp³-hybridized carbons (Fsp3) is 0.350. The van der Waals surface area contributed by atoms with Crippen LogP contribution in [-0.2, 0) is 11.2 Å². The van der Waals surface area contributed by atoms with Crippen molar-refractivity contribution in [3.63, 3.8) is 0 Å². The lowest BCUT2D eigenvalue weighted by molar-refractivity contribution is 0.0379. The van der Waals surface area contributed by atoms with Crippen molar-refractivity contribution in [3.8, 4) is 11.5 Å². The highest BCUT2D eigenvalue weighted by Crippen LogP contribution is 2.28. The van der Waals surface area contributed by atoms with E-state index in [1.165, 1.54) is 0 Å². The van der Waals surface area contributed by atoms with E-state index < -0.39 is 0 Å². The minimum atomic E-state index is -0.388. The van der Waals surface area contributed by atoms with Crippen molar-refractivity contribution < 1.29 is 19.0 Å². The van der Waals surface area contributed by atoms with Crippen molar-refractivity contribution in [1.29, 1.82) is 0 Å². The predicted molar refractivity (Wildman–Crippen MR) is 103 cm³/mol. The van der Waals surface area contributed by atoms with Crippen LogP contribution in [0.25, 0.3) is 0 Å². The average molecular weight is 358 g/mol. The zero-order valence-corrected chi connectivity index (χ0v) is 15.7. The molecule has 0 heterocycles. The van der Waals surface area contributed by atoms with Crippen molar-refractivity contribution in [2.45, 2.75) is 26.4 Å². The third kappa shape index (κ3) is 5.05. The molecule has 0 aromatic heterocycles. The molecule has 0 spiro atoms. The van der Waals surface area contributed by atoms with E-state index in [2.05, 4.69) is 5.32 Å². The van der Waals surface area contributed by atoms with E-state index in [0.29, 0.717) is 35.0 Å². The van der Waals surface area contributed by atoms with Crippen LogP contribution in [0.15, 0.2) is 36.4 Å². The number of nitrogens with one attached hydrogen (secondary N) is 1. The smallest absolute Gasteiger partial charge is 0.340 e. The summed E-state index contributed by atoms with van der Waals surface area (Å²) in [6.07, 6.45) is 0.562. The monoisotopic (exact) mass is 358 g/mol. The Morgan fingerprint density at radius 3 is 2.46 bits per heavy atom. The summed E-state index contributed by atoms with van der Waals surface area (Å²) in [6, 6.07) is 11.0. The van der Waals surface area contributed by atoms with Gasteiger partial charge in [-0.3, -0.25) is 0 Å². The second-order valence-electron chi connectivity index (χ2n) is 6.13. The van der Waals surface area contributed by atoms with E-state index in [1.54, 1.807) is 32.4 Å². The average Bonchev–Trinajstić information content (AvgIpc) is 2.62. The number of benzene rings is 2. The van der Waals surface area contributed by atoms with Crippen molar-refractivity contribution in [3.05, 3.63) is 47.5 Å². The Balaban J connectivity index is 2.07. The van der Waals surface area contributed by atoms with Crippen LogP contribution in [0.5, 0.6) is 11.5 Å². The first kappa shape index (κ1) is 19.4. The molecule has 140 valence electrons. The van der Waals surface area contributed by atoms with Gasteiger partial charge < -0.3 is 25.3 Å². The van der Waals surface area contributed by atoms with Crippen molar-refractivity contribution in [1.82, 2.24) is 0 Å². The minimum Gasteiger partial charge on any atom is -0.493 e. The second-order valence-corrected chi connectivity index (χ2v) is 6.13. The Morgan fingerprint density at radius 1 is 1.08 bits per heavy atom. The van der Waals surface area contributed by atoms with E-state index in [1.807, 2.05) is 32.0 Å². The first-order chi connectivity index (χ1) is 12.4.